The lowest BCUT2D eigenvalue weighted by atomic mass is 9.95. The highest BCUT2D eigenvalue weighted by Crippen LogP contribution is 2.28. The Balaban J connectivity index is 1.39. The van der Waals surface area contributed by atoms with Crippen LogP contribution in [0.2, 0.25) is 0 Å². The standard InChI is InChI=1S/C19H21N3O2/c20-13-2-1-3-16(10-13)24-15-7-4-12(5-8-15)19(23)22-18-11-14-6-9-17(18)21-14/h1-5,7-8,10,14,17-18,21H,6,9,11,20H2,(H,22,23)/t14-,17+,18-/m1/s1. The maximum absolute atomic E-state index is 12.4. The second-order valence-corrected chi connectivity index (χ2v) is 6.56. The van der Waals surface area contributed by atoms with E-state index in [-0.39, 0.29) is 11.9 Å². The Hall–Kier alpha value is -2.53. The topological polar surface area (TPSA) is 76.4 Å². The van der Waals surface area contributed by atoms with Crippen molar-refractivity contribution in [3.8, 4) is 11.5 Å². The molecule has 1 amide bonds. The minimum Gasteiger partial charge on any atom is -0.457 e. The lowest BCUT2D eigenvalue weighted by Crippen LogP contribution is -2.42. The number of rotatable bonds is 4. The summed E-state index contributed by atoms with van der Waals surface area (Å²) in [5.41, 5.74) is 7.05. The van der Waals surface area contributed by atoms with Crippen LogP contribution in [0.4, 0.5) is 5.69 Å². The monoisotopic (exact) mass is 323 g/mol. The van der Waals surface area contributed by atoms with E-state index < -0.39 is 0 Å². The summed E-state index contributed by atoms with van der Waals surface area (Å²) in [5, 5.41) is 6.68. The minimum atomic E-state index is -0.0233. The van der Waals surface area contributed by atoms with E-state index in [1.54, 1.807) is 30.3 Å². The summed E-state index contributed by atoms with van der Waals surface area (Å²) < 4.78 is 5.75. The van der Waals surface area contributed by atoms with Crippen molar-refractivity contribution in [2.45, 2.75) is 37.4 Å². The average Bonchev–Trinajstić information content (AvgIpc) is 3.18. The maximum atomic E-state index is 12.4. The Morgan fingerprint density at radius 3 is 2.62 bits per heavy atom. The molecular formula is C19H21N3O2. The van der Waals surface area contributed by atoms with Crippen LogP contribution >= 0.6 is 0 Å². The molecule has 0 aromatic heterocycles. The van der Waals surface area contributed by atoms with Crippen molar-refractivity contribution in [2.75, 3.05) is 5.73 Å². The van der Waals surface area contributed by atoms with Gasteiger partial charge in [0.25, 0.3) is 5.91 Å². The van der Waals surface area contributed by atoms with E-state index in [0.717, 1.165) is 12.8 Å². The van der Waals surface area contributed by atoms with E-state index >= 15 is 0 Å². The Morgan fingerprint density at radius 1 is 1.12 bits per heavy atom. The van der Waals surface area contributed by atoms with Crippen LogP contribution in [0.1, 0.15) is 29.6 Å². The number of anilines is 1. The Kier molecular flexibility index (Phi) is 3.86. The van der Waals surface area contributed by atoms with E-state index in [2.05, 4.69) is 10.6 Å². The van der Waals surface area contributed by atoms with E-state index in [1.165, 1.54) is 6.42 Å². The van der Waals surface area contributed by atoms with Gasteiger partial charge in [-0.3, -0.25) is 4.79 Å². The molecule has 4 rings (SSSR count). The Morgan fingerprint density at radius 2 is 1.96 bits per heavy atom. The largest absolute Gasteiger partial charge is 0.457 e. The highest BCUT2D eigenvalue weighted by atomic mass is 16.5. The Labute approximate surface area is 141 Å². The number of nitrogens with one attached hydrogen (secondary N) is 2. The van der Waals surface area contributed by atoms with Gasteiger partial charge < -0.3 is 21.1 Å². The zero-order valence-corrected chi connectivity index (χ0v) is 13.4. The molecule has 4 N–H and O–H groups in total. The number of nitrogens with two attached hydrogens (primary N) is 1. The van der Waals surface area contributed by atoms with Gasteiger partial charge in [0.1, 0.15) is 11.5 Å². The van der Waals surface area contributed by atoms with Gasteiger partial charge in [0.05, 0.1) is 0 Å². The quantitative estimate of drug-likeness (QED) is 0.756. The van der Waals surface area contributed by atoms with Crippen molar-refractivity contribution in [3.63, 3.8) is 0 Å². The van der Waals surface area contributed by atoms with Crippen LogP contribution < -0.4 is 21.1 Å². The van der Waals surface area contributed by atoms with Crippen LogP contribution in [0.3, 0.4) is 0 Å². The fraction of sp³-hybridized carbons (Fsp3) is 0.316. The average molecular weight is 323 g/mol. The third-order valence-electron chi connectivity index (χ3n) is 4.83. The van der Waals surface area contributed by atoms with Gasteiger partial charge in [0, 0.05) is 35.4 Å². The molecule has 2 aromatic carbocycles. The summed E-state index contributed by atoms with van der Waals surface area (Å²) in [6, 6.07) is 15.7. The first kappa shape index (κ1) is 15.0. The molecule has 2 aliphatic heterocycles. The normalized spacial score (nSPS) is 24.8. The van der Waals surface area contributed by atoms with Crippen molar-refractivity contribution in [1.82, 2.24) is 10.6 Å². The summed E-state index contributed by atoms with van der Waals surface area (Å²) in [4.78, 5) is 12.4. The predicted octanol–water partition coefficient (Wildman–Crippen LogP) is 2.68. The first-order valence-electron chi connectivity index (χ1n) is 8.38. The van der Waals surface area contributed by atoms with E-state index in [0.29, 0.717) is 34.8 Å². The van der Waals surface area contributed by atoms with E-state index in [9.17, 15) is 4.79 Å². The van der Waals surface area contributed by atoms with Crippen molar-refractivity contribution in [2.24, 2.45) is 0 Å². The van der Waals surface area contributed by atoms with Crippen molar-refractivity contribution >= 4 is 11.6 Å². The number of carbonyl (C=O) groups is 1. The molecule has 2 bridgehead atoms. The van der Waals surface area contributed by atoms with Gasteiger partial charge in [-0.05, 0) is 55.7 Å². The summed E-state index contributed by atoms with van der Waals surface area (Å²) >= 11 is 0. The number of nitrogen functional groups attached to an aromatic ring is 1. The maximum Gasteiger partial charge on any atom is 0.251 e. The molecular weight excluding hydrogens is 302 g/mol. The van der Waals surface area contributed by atoms with Gasteiger partial charge >= 0.3 is 0 Å². The van der Waals surface area contributed by atoms with Gasteiger partial charge in [0.2, 0.25) is 0 Å². The van der Waals surface area contributed by atoms with Gasteiger partial charge in [0.15, 0.2) is 0 Å². The Bertz CT molecular complexity index is 745. The number of amides is 1. The van der Waals surface area contributed by atoms with Crippen molar-refractivity contribution < 1.29 is 9.53 Å². The fourth-order valence-corrected chi connectivity index (χ4v) is 3.62. The summed E-state index contributed by atoms with van der Waals surface area (Å²) in [7, 11) is 0. The second-order valence-electron chi connectivity index (χ2n) is 6.56. The van der Waals surface area contributed by atoms with Gasteiger partial charge in [-0.1, -0.05) is 6.07 Å². The smallest absolute Gasteiger partial charge is 0.251 e. The predicted molar refractivity (Wildman–Crippen MR) is 93.2 cm³/mol. The fourth-order valence-electron chi connectivity index (χ4n) is 3.62. The van der Waals surface area contributed by atoms with Crippen LogP contribution in [0.15, 0.2) is 48.5 Å². The highest BCUT2D eigenvalue weighted by molar-refractivity contribution is 5.94. The van der Waals surface area contributed by atoms with Crippen molar-refractivity contribution in [3.05, 3.63) is 54.1 Å². The zero-order valence-electron chi connectivity index (χ0n) is 13.4. The number of benzene rings is 2. The molecule has 2 saturated heterocycles. The van der Waals surface area contributed by atoms with E-state index in [1.807, 2.05) is 18.2 Å². The highest BCUT2D eigenvalue weighted by Gasteiger charge is 2.39. The van der Waals surface area contributed by atoms with Gasteiger partial charge in [-0.15, -0.1) is 0 Å². The molecule has 5 heteroatoms. The molecule has 2 aliphatic rings. The molecule has 2 aromatic rings. The van der Waals surface area contributed by atoms with Crippen LogP contribution in [0, 0.1) is 0 Å². The number of hydrogen-bond acceptors (Lipinski definition) is 4. The molecule has 0 aliphatic carbocycles. The SMILES string of the molecule is Nc1cccc(Oc2ccc(C(=O)N[C@@H]3C[C@H]4CC[C@@H]3N4)cc2)c1. The van der Waals surface area contributed by atoms with Gasteiger partial charge in [-0.25, -0.2) is 0 Å². The van der Waals surface area contributed by atoms with E-state index in [4.69, 9.17) is 10.5 Å². The molecule has 124 valence electrons. The molecule has 0 radical (unpaired) electrons. The first-order valence-corrected chi connectivity index (χ1v) is 8.38. The van der Waals surface area contributed by atoms with Crippen LogP contribution in [-0.4, -0.2) is 24.0 Å². The summed E-state index contributed by atoms with van der Waals surface area (Å²) in [6.07, 6.45) is 3.42. The van der Waals surface area contributed by atoms with Crippen LogP contribution in [-0.2, 0) is 0 Å². The first-order chi connectivity index (χ1) is 11.7. The summed E-state index contributed by atoms with van der Waals surface area (Å²) in [6.45, 7) is 0. The lowest BCUT2D eigenvalue weighted by Gasteiger charge is -2.21. The van der Waals surface area contributed by atoms with Crippen LogP contribution in [0.5, 0.6) is 11.5 Å². The molecule has 0 saturated carbocycles. The minimum absolute atomic E-state index is 0.0233. The molecule has 2 fully saturated rings. The summed E-state index contributed by atoms with van der Waals surface area (Å²) in [5.74, 6) is 1.34. The second kappa shape index (κ2) is 6.17. The van der Waals surface area contributed by atoms with Gasteiger partial charge in [-0.2, -0.15) is 0 Å². The van der Waals surface area contributed by atoms with Crippen molar-refractivity contribution in [1.29, 1.82) is 0 Å². The number of fused-ring (bicyclic) bond motifs is 2. The number of hydrogen-bond donors (Lipinski definition) is 3. The molecule has 5 nitrogen and oxygen atoms in total. The molecule has 0 spiro atoms. The third kappa shape index (κ3) is 3.08. The molecule has 3 atom stereocenters. The third-order valence-corrected chi connectivity index (χ3v) is 4.83. The zero-order chi connectivity index (χ0) is 16.5. The molecule has 0 unspecified atom stereocenters. The lowest BCUT2D eigenvalue weighted by molar-refractivity contribution is 0.0931. The molecule has 2 heterocycles. The molecule has 24 heavy (non-hydrogen) atoms. The number of carbonyl (C=O) groups excluding carboxylic acids is 1. The van der Waals surface area contributed by atoms with Crippen LogP contribution in [0.25, 0.3) is 0 Å². The number of ether oxygens (including phenoxy) is 1.